The summed E-state index contributed by atoms with van der Waals surface area (Å²) < 4.78 is 27.3. The molecule has 1 aliphatic rings. The topological polar surface area (TPSA) is 105 Å². The van der Waals surface area contributed by atoms with Crippen molar-refractivity contribution in [3.8, 4) is 0 Å². The van der Waals surface area contributed by atoms with Gasteiger partial charge in [0.25, 0.3) is 10.0 Å². The number of amidine groups is 1. The van der Waals surface area contributed by atoms with Gasteiger partial charge in [-0.05, 0) is 18.9 Å². The monoisotopic (exact) mass is 257 g/mol. The highest BCUT2D eigenvalue weighted by Crippen LogP contribution is 2.25. The molecular formula is C9H15N5O2S. The fourth-order valence-corrected chi connectivity index (χ4v) is 3.85. The number of nitrogens with two attached hydrogens (primary N) is 1. The molecule has 0 bridgehead atoms. The maximum absolute atomic E-state index is 12.3. The quantitative estimate of drug-likeness (QED) is 0.563. The maximum Gasteiger partial charge on any atom is 0.260 e. The van der Waals surface area contributed by atoms with Gasteiger partial charge in [0, 0.05) is 13.6 Å². The van der Waals surface area contributed by atoms with Gasteiger partial charge >= 0.3 is 0 Å². The molecule has 1 fully saturated rings. The largest absolute Gasteiger partial charge is 0.386 e. The van der Waals surface area contributed by atoms with Crippen LogP contribution in [0.2, 0.25) is 0 Å². The molecule has 0 spiro atoms. The molecule has 7 nitrogen and oxygen atoms in total. The summed E-state index contributed by atoms with van der Waals surface area (Å²) in [6.07, 6.45) is 2.76. The maximum atomic E-state index is 12.3. The van der Waals surface area contributed by atoms with E-state index in [2.05, 4.69) is 5.10 Å². The van der Waals surface area contributed by atoms with E-state index in [4.69, 9.17) is 11.1 Å². The van der Waals surface area contributed by atoms with E-state index in [1.807, 2.05) is 0 Å². The fraction of sp³-hybridized carbons (Fsp3) is 0.556. The molecule has 1 unspecified atom stereocenters. The van der Waals surface area contributed by atoms with Gasteiger partial charge in [0.15, 0.2) is 5.03 Å². The minimum absolute atomic E-state index is 0.103. The Hall–Kier alpha value is -1.41. The second kappa shape index (κ2) is 4.11. The lowest BCUT2D eigenvalue weighted by molar-refractivity contribution is 0.435. The third kappa shape index (κ3) is 1.93. The molecular weight excluding hydrogens is 242 g/mol. The molecule has 94 valence electrons. The van der Waals surface area contributed by atoms with Crippen molar-refractivity contribution in [1.29, 1.82) is 5.41 Å². The summed E-state index contributed by atoms with van der Waals surface area (Å²) in [5, 5.41) is 11.4. The highest BCUT2D eigenvalue weighted by Gasteiger charge is 2.38. The van der Waals surface area contributed by atoms with Gasteiger partial charge in [-0.25, -0.2) is 8.42 Å². The summed E-state index contributed by atoms with van der Waals surface area (Å²) >= 11 is 0. The molecule has 17 heavy (non-hydrogen) atoms. The third-order valence-corrected chi connectivity index (χ3v) is 4.90. The predicted octanol–water partition coefficient (Wildman–Crippen LogP) is -0.491. The number of hydrogen-bond acceptors (Lipinski definition) is 4. The minimum atomic E-state index is -3.61. The second-order valence-electron chi connectivity index (χ2n) is 4.02. The summed E-state index contributed by atoms with van der Waals surface area (Å²) in [6, 6.07) is 0.931. The number of aryl methyl sites for hydroxylation is 1. The number of rotatable bonds is 3. The number of hydrogen-bond donors (Lipinski definition) is 2. The average Bonchev–Trinajstić information content (AvgIpc) is 2.84. The van der Waals surface area contributed by atoms with Crippen LogP contribution in [0.4, 0.5) is 0 Å². The van der Waals surface area contributed by atoms with Crippen molar-refractivity contribution >= 4 is 15.9 Å². The van der Waals surface area contributed by atoms with Crippen LogP contribution in [0.3, 0.4) is 0 Å². The molecule has 1 aromatic heterocycles. The SMILES string of the molecule is Cn1nccc1S(=O)(=O)N1CCCC1C(=N)N. The van der Waals surface area contributed by atoms with E-state index in [1.165, 1.54) is 21.3 Å². The molecule has 2 heterocycles. The van der Waals surface area contributed by atoms with E-state index in [-0.39, 0.29) is 10.9 Å². The van der Waals surface area contributed by atoms with Gasteiger partial charge in [-0.3, -0.25) is 10.1 Å². The van der Waals surface area contributed by atoms with E-state index in [1.54, 1.807) is 7.05 Å². The van der Waals surface area contributed by atoms with E-state index >= 15 is 0 Å². The third-order valence-electron chi connectivity index (χ3n) is 2.91. The van der Waals surface area contributed by atoms with Gasteiger partial charge in [-0.2, -0.15) is 9.40 Å². The lowest BCUT2D eigenvalue weighted by atomic mass is 10.2. The molecule has 1 atom stereocenters. The van der Waals surface area contributed by atoms with Crippen LogP contribution in [0.1, 0.15) is 12.8 Å². The summed E-state index contributed by atoms with van der Waals surface area (Å²) in [5.74, 6) is -0.103. The summed E-state index contributed by atoms with van der Waals surface area (Å²) in [6.45, 7) is 0.401. The van der Waals surface area contributed by atoms with Crippen molar-refractivity contribution in [2.24, 2.45) is 12.8 Å². The van der Waals surface area contributed by atoms with Crippen LogP contribution in [-0.4, -0.2) is 40.9 Å². The van der Waals surface area contributed by atoms with Crippen molar-refractivity contribution < 1.29 is 8.42 Å². The average molecular weight is 257 g/mol. The highest BCUT2D eigenvalue weighted by molar-refractivity contribution is 7.89. The fourth-order valence-electron chi connectivity index (χ4n) is 2.07. The Morgan fingerprint density at radius 1 is 1.65 bits per heavy atom. The Balaban J connectivity index is 2.40. The van der Waals surface area contributed by atoms with Crippen molar-refractivity contribution in [2.75, 3.05) is 6.54 Å². The number of aromatic nitrogens is 2. The van der Waals surface area contributed by atoms with E-state index in [9.17, 15) is 8.42 Å². The van der Waals surface area contributed by atoms with Crippen LogP contribution in [0, 0.1) is 5.41 Å². The van der Waals surface area contributed by atoms with Crippen molar-refractivity contribution in [1.82, 2.24) is 14.1 Å². The first-order chi connectivity index (χ1) is 7.94. The van der Waals surface area contributed by atoms with Crippen LogP contribution in [0.5, 0.6) is 0 Å². The lowest BCUT2D eigenvalue weighted by Gasteiger charge is -2.22. The Bertz CT molecular complexity index is 535. The molecule has 1 saturated heterocycles. The Kier molecular flexibility index (Phi) is 2.92. The van der Waals surface area contributed by atoms with Crippen LogP contribution in [0.15, 0.2) is 17.3 Å². The summed E-state index contributed by atoms with van der Waals surface area (Å²) in [7, 11) is -2.03. The Morgan fingerprint density at radius 3 is 2.88 bits per heavy atom. The van der Waals surface area contributed by atoms with Gasteiger partial charge in [0.1, 0.15) is 5.84 Å². The van der Waals surface area contributed by atoms with Crippen LogP contribution < -0.4 is 5.73 Å². The summed E-state index contributed by atoms with van der Waals surface area (Å²) in [4.78, 5) is 0. The Labute approximate surface area is 99.8 Å². The normalized spacial score (nSPS) is 21.8. The van der Waals surface area contributed by atoms with Crippen LogP contribution >= 0.6 is 0 Å². The predicted molar refractivity (Wildman–Crippen MR) is 62.0 cm³/mol. The molecule has 0 radical (unpaired) electrons. The van der Waals surface area contributed by atoms with Gasteiger partial charge in [0.05, 0.1) is 12.2 Å². The first kappa shape index (κ1) is 12.1. The zero-order valence-electron chi connectivity index (χ0n) is 9.50. The van der Waals surface area contributed by atoms with Gasteiger partial charge < -0.3 is 5.73 Å². The first-order valence-corrected chi connectivity index (χ1v) is 6.72. The lowest BCUT2D eigenvalue weighted by Crippen LogP contribution is -2.43. The molecule has 1 aliphatic heterocycles. The summed E-state index contributed by atoms with van der Waals surface area (Å²) in [5.41, 5.74) is 5.43. The molecule has 0 amide bonds. The van der Waals surface area contributed by atoms with Crippen molar-refractivity contribution in [3.05, 3.63) is 12.3 Å². The van der Waals surface area contributed by atoms with Crippen LogP contribution in [0.25, 0.3) is 0 Å². The molecule has 0 aromatic carbocycles. The van der Waals surface area contributed by atoms with Gasteiger partial charge in [0.2, 0.25) is 0 Å². The first-order valence-electron chi connectivity index (χ1n) is 5.28. The Morgan fingerprint density at radius 2 is 2.35 bits per heavy atom. The molecule has 1 aromatic rings. The molecule has 0 saturated carbocycles. The highest BCUT2D eigenvalue weighted by atomic mass is 32.2. The molecule has 8 heteroatoms. The second-order valence-corrected chi connectivity index (χ2v) is 5.86. The zero-order valence-corrected chi connectivity index (χ0v) is 10.3. The minimum Gasteiger partial charge on any atom is -0.386 e. The molecule has 3 N–H and O–H groups in total. The van der Waals surface area contributed by atoms with E-state index in [0.717, 1.165) is 6.42 Å². The van der Waals surface area contributed by atoms with Crippen molar-refractivity contribution in [2.45, 2.75) is 23.9 Å². The van der Waals surface area contributed by atoms with Gasteiger partial charge in [-0.1, -0.05) is 0 Å². The number of nitrogens with zero attached hydrogens (tertiary/aromatic N) is 3. The van der Waals surface area contributed by atoms with E-state index < -0.39 is 16.1 Å². The van der Waals surface area contributed by atoms with Crippen LogP contribution in [-0.2, 0) is 17.1 Å². The number of nitrogens with one attached hydrogen (secondary N) is 1. The molecule has 2 rings (SSSR count). The zero-order chi connectivity index (χ0) is 12.6. The smallest absolute Gasteiger partial charge is 0.260 e. The van der Waals surface area contributed by atoms with Crippen molar-refractivity contribution in [3.63, 3.8) is 0 Å². The number of sulfonamides is 1. The van der Waals surface area contributed by atoms with E-state index in [0.29, 0.717) is 13.0 Å². The van der Waals surface area contributed by atoms with Gasteiger partial charge in [-0.15, -0.1) is 0 Å². The standard InChI is InChI=1S/C9H15N5O2S/c1-13-8(4-5-12-13)17(15,16)14-6-2-3-7(14)9(10)11/h4-5,7H,2-3,6H2,1H3,(H3,10,11). The molecule has 0 aliphatic carbocycles.